The Labute approximate surface area is 301 Å². The average molecular weight is 697 g/mol. The number of hydrogen-bond donors (Lipinski definition) is 1. The van der Waals surface area contributed by atoms with Crippen LogP contribution in [0, 0.1) is 20.2 Å². The second-order valence-electron chi connectivity index (χ2n) is 13.8. The highest BCUT2D eigenvalue weighted by atomic mass is 16.6. The van der Waals surface area contributed by atoms with Gasteiger partial charge in [-0.25, -0.2) is 9.69 Å². The number of anilines is 3. The number of benzene rings is 4. The molecule has 1 aromatic heterocycles. The van der Waals surface area contributed by atoms with Gasteiger partial charge in [0.1, 0.15) is 17.0 Å². The van der Waals surface area contributed by atoms with Crippen LogP contribution in [0.4, 0.5) is 28.6 Å². The number of nitro benzene ring substituents is 2. The summed E-state index contributed by atoms with van der Waals surface area (Å²) in [4.78, 5) is 24.9. The highest BCUT2D eigenvalue weighted by molar-refractivity contribution is 6.16. The molecule has 0 radical (unpaired) electrons. The summed E-state index contributed by atoms with van der Waals surface area (Å²) in [5.41, 5.74) is 4.36. The van der Waals surface area contributed by atoms with Gasteiger partial charge in [0.05, 0.1) is 21.2 Å². The summed E-state index contributed by atoms with van der Waals surface area (Å²) in [6, 6.07) is 33.7. The van der Waals surface area contributed by atoms with Crippen molar-refractivity contribution >= 4 is 34.4 Å². The molecule has 0 unspecified atom stereocenters. The Morgan fingerprint density at radius 1 is 0.654 bits per heavy atom. The monoisotopic (exact) mass is 696 g/mol. The van der Waals surface area contributed by atoms with Gasteiger partial charge in [-0.1, -0.05) is 86.3 Å². The van der Waals surface area contributed by atoms with Crippen LogP contribution < -0.4 is 15.2 Å². The van der Waals surface area contributed by atoms with Crippen molar-refractivity contribution in [2.75, 3.05) is 15.2 Å². The van der Waals surface area contributed by atoms with E-state index in [2.05, 4.69) is 39.5 Å². The minimum Gasteiger partial charge on any atom is -0.365 e. The van der Waals surface area contributed by atoms with E-state index >= 15 is 0 Å². The number of non-ortho nitro benzene ring substituents is 2. The Morgan fingerprint density at radius 2 is 1.19 bits per heavy atom. The SMILES string of the molecule is O=[N+]([O-])c1ccc(N2N=C(c3ccccc3)N(c3c(-c4ccccc4)nn(-c4ccc([N+](=O)[O-])cc4)c3NC3CCCCC3)C23CCCCC3)cc1. The zero-order chi connectivity index (χ0) is 35.7. The first kappa shape index (κ1) is 33.1. The van der Waals surface area contributed by atoms with E-state index in [1.165, 1.54) is 18.6 Å². The maximum Gasteiger partial charge on any atom is 0.269 e. The van der Waals surface area contributed by atoms with E-state index in [-0.39, 0.29) is 27.3 Å². The largest absolute Gasteiger partial charge is 0.365 e. The highest BCUT2D eigenvalue weighted by Crippen LogP contribution is 2.52. The minimum absolute atomic E-state index is 0.0131. The van der Waals surface area contributed by atoms with Gasteiger partial charge in [-0.05, 0) is 62.8 Å². The number of hydrogen-bond acceptors (Lipinski definition) is 9. The molecule has 2 fully saturated rings. The van der Waals surface area contributed by atoms with Crippen LogP contribution >= 0.6 is 0 Å². The van der Waals surface area contributed by atoms with Gasteiger partial charge in [0.15, 0.2) is 11.7 Å². The Morgan fingerprint density at radius 3 is 1.77 bits per heavy atom. The van der Waals surface area contributed by atoms with Crippen LogP contribution in [0.2, 0.25) is 0 Å². The number of nitrogens with zero attached hydrogens (tertiary/aromatic N) is 7. The number of rotatable bonds is 9. The summed E-state index contributed by atoms with van der Waals surface area (Å²) in [6.45, 7) is 0. The molecule has 5 aromatic rings. The molecular weight excluding hydrogens is 656 g/mol. The van der Waals surface area contributed by atoms with Crippen LogP contribution in [-0.2, 0) is 0 Å². The summed E-state index contributed by atoms with van der Waals surface area (Å²) in [7, 11) is 0. The van der Waals surface area contributed by atoms with Crippen molar-refractivity contribution in [1.82, 2.24) is 9.78 Å². The van der Waals surface area contributed by atoms with Crippen molar-refractivity contribution in [1.29, 1.82) is 0 Å². The van der Waals surface area contributed by atoms with Crippen LogP contribution in [0.25, 0.3) is 16.9 Å². The summed E-state index contributed by atoms with van der Waals surface area (Å²) in [6.07, 6.45) is 10.1. The molecule has 12 nitrogen and oxygen atoms in total. The lowest BCUT2D eigenvalue weighted by Crippen LogP contribution is -2.57. The zero-order valence-corrected chi connectivity index (χ0v) is 28.8. The van der Waals surface area contributed by atoms with Gasteiger partial charge in [0, 0.05) is 41.4 Å². The predicted octanol–water partition coefficient (Wildman–Crippen LogP) is 9.45. The first-order valence-corrected chi connectivity index (χ1v) is 18.1. The van der Waals surface area contributed by atoms with Gasteiger partial charge >= 0.3 is 0 Å². The van der Waals surface area contributed by atoms with E-state index in [9.17, 15) is 20.2 Å². The smallest absolute Gasteiger partial charge is 0.269 e. The molecule has 52 heavy (non-hydrogen) atoms. The van der Waals surface area contributed by atoms with Gasteiger partial charge in [0.25, 0.3) is 11.4 Å². The topological polar surface area (TPSA) is 135 Å². The van der Waals surface area contributed by atoms with E-state index in [1.54, 1.807) is 36.4 Å². The fraction of sp³-hybridized carbons (Fsp3) is 0.300. The molecule has 264 valence electrons. The molecule has 1 N–H and O–H groups in total. The van der Waals surface area contributed by atoms with Gasteiger partial charge < -0.3 is 5.32 Å². The molecule has 12 heteroatoms. The van der Waals surface area contributed by atoms with E-state index < -0.39 is 5.66 Å². The molecular formula is C40H40N8O4. The molecule has 4 aromatic carbocycles. The summed E-state index contributed by atoms with van der Waals surface area (Å²) in [5.74, 6) is 1.56. The average Bonchev–Trinajstić information content (AvgIpc) is 3.71. The normalized spacial score (nSPS) is 17.3. The lowest BCUT2D eigenvalue weighted by Gasteiger charge is -2.47. The van der Waals surface area contributed by atoms with Crippen molar-refractivity contribution in [3.05, 3.63) is 135 Å². The molecule has 1 aliphatic heterocycles. The van der Waals surface area contributed by atoms with Crippen molar-refractivity contribution in [3.8, 4) is 16.9 Å². The predicted molar refractivity (Wildman–Crippen MR) is 203 cm³/mol. The second kappa shape index (κ2) is 13.9. The van der Waals surface area contributed by atoms with Crippen LogP contribution in [0.3, 0.4) is 0 Å². The quantitative estimate of drug-likeness (QED) is 0.119. The molecule has 0 saturated heterocycles. The summed E-state index contributed by atoms with van der Waals surface area (Å²) < 4.78 is 1.91. The summed E-state index contributed by atoms with van der Waals surface area (Å²) in [5, 5.41) is 40.2. The first-order chi connectivity index (χ1) is 25.4. The lowest BCUT2D eigenvalue weighted by molar-refractivity contribution is -0.385. The molecule has 2 heterocycles. The van der Waals surface area contributed by atoms with Crippen LogP contribution in [-0.4, -0.2) is 37.2 Å². The van der Waals surface area contributed by atoms with Gasteiger partial charge in [-0.15, -0.1) is 0 Å². The third kappa shape index (κ3) is 6.03. The zero-order valence-electron chi connectivity index (χ0n) is 28.8. The summed E-state index contributed by atoms with van der Waals surface area (Å²) >= 11 is 0. The van der Waals surface area contributed by atoms with Crippen LogP contribution in [0.15, 0.2) is 114 Å². The molecule has 1 spiro atoms. The molecule has 2 aliphatic carbocycles. The Hall–Kier alpha value is -6.04. The first-order valence-electron chi connectivity index (χ1n) is 18.1. The number of nitro groups is 2. The van der Waals surface area contributed by atoms with Crippen molar-refractivity contribution in [2.24, 2.45) is 5.10 Å². The van der Waals surface area contributed by atoms with Crippen LogP contribution in [0.1, 0.15) is 69.8 Å². The third-order valence-electron chi connectivity index (χ3n) is 10.6. The van der Waals surface area contributed by atoms with Gasteiger partial charge in [-0.2, -0.15) is 10.2 Å². The van der Waals surface area contributed by atoms with Crippen molar-refractivity contribution in [3.63, 3.8) is 0 Å². The molecule has 3 aliphatic rings. The molecule has 0 amide bonds. The van der Waals surface area contributed by atoms with Gasteiger partial charge in [0.2, 0.25) is 0 Å². The van der Waals surface area contributed by atoms with Crippen molar-refractivity contribution < 1.29 is 9.85 Å². The fourth-order valence-electron chi connectivity index (χ4n) is 8.06. The maximum atomic E-state index is 11.7. The van der Waals surface area contributed by atoms with E-state index in [0.717, 1.165) is 97.6 Å². The van der Waals surface area contributed by atoms with E-state index in [1.807, 2.05) is 41.1 Å². The molecule has 0 bridgehead atoms. The Balaban J connectivity index is 1.41. The number of aromatic nitrogens is 2. The van der Waals surface area contributed by atoms with Crippen molar-refractivity contribution in [2.45, 2.75) is 75.9 Å². The van der Waals surface area contributed by atoms with E-state index in [0.29, 0.717) is 5.69 Å². The molecule has 0 atom stereocenters. The van der Waals surface area contributed by atoms with Gasteiger partial charge in [-0.3, -0.25) is 25.1 Å². The highest BCUT2D eigenvalue weighted by Gasteiger charge is 2.53. The third-order valence-corrected chi connectivity index (χ3v) is 10.6. The van der Waals surface area contributed by atoms with E-state index in [4.69, 9.17) is 10.2 Å². The fourth-order valence-corrected chi connectivity index (χ4v) is 8.06. The lowest BCUT2D eigenvalue weighted by atomic mass is 9.85. The number of amidine groups is 1. The van der Waals surface area contributed by atoms with Crippen LogP contribution in [0.5, 0.6) is 0 Å². The maximum absolute atomic E-state index is 11.7. The second-order valence-corrected chi connectivity index (χ2v) is 13.8. The number of hydrazone groups is 1. The standard InChI is InChI=1S/C40H40N8O4/c49-47(50)34-23-19-32(20-24-34)45-39(41-31-17-9-3-10-18-31)37(36(42-45)29-13-5-1-6-14-29)44-38(30-15-7-2-8-16-30)43-46(40(44)27-11-4-12-28-40)33-21-25-35(26-22-33)48(51)52/h1-2,5-8,13-16,19-26,31,41H,3-4,9-12,17-18,27-28H2. The minimum atomic E-state index is -0.657. The molecule has 2 saturated carbocycles. The number of nitrogens with one attached hydrogen (secondary N) is 1. The Bertz CT molecular complexity index is 2090. The Kier molecular flexibility index (Phi) is 8.88. The molecule has 8 rings (SSSR count).